The van der Waals surface area contributed by atoms with Gasteiger partial charge in [0, 0.05) is 0 Å². The Labute approximate surface area is 98.7 Å². The van der Waals surface area contributed by atoms with E-state index in [0.29, 0.717) is 15.9 Å². The molecule has 1 fully saturated rings. The molecule has 0 amide bonds. The molecular formula is C10H12Cl2N2O. The van der Waals surface area contributed by atoms with Crippen LogP contribution in [-0.4, -0.2) is 24.2 Å². The molecule has 0 unspecified atom stereocenters. The number of aromatic nitrogens is 1. The maximum Gasteiger partial charge on any atom is 0.156 e. The minimum Gasteiger partial charge on any atom is -0.487 e. The summed E-state index contributed by atoms with van der Waals surface area (Å²) in [6, 6.07) is 1.60. The molecule has 1 aromatic rings. The van der Waals surface area contributed by atoms with E-state index >= 15 is 0 Å². The molecule has 0 spiro atoms. The van der Waals surface area contributed by atoms with Crippen LogP contribution < -0.4 is 10.1 Å². The minimum absolute atomic E-state index is 0.228. The zero-order valence-corrected chi connectivity index (χ0v) is 9.68. The van der Waals surface area contributed by atoms with Crippen molar-refractivity contribution in [1.82, 2.24) is 10.3 Å². The molecule has 0 saturated carbocycles. The van der Waals surface area contributed by atoms with Gasteiger partial charge in [-0.2, -0.15) is 0 Å². The predicted octanol–water partition coefficient (Wildman–Crippen LogP) is 2.52. The van der Waals surface area contributed by atoms with Gasteiger partial charge in [0.1, 0.15) is 11.3 Å². The Bertz CT molecular complexity index is 340. The second-order valence-corrected chi connectivity index (χ2v) is 4.30. The second kappa shape index (κ2) is 5.01. The van der Waals surface area contributed by atoms with E-state index in [1.165, 1.54) is 0 Å². The van der Waals surface area contributed by atoms with Crippen molar-refractivity contribution in [2.24, 2.45) is 0 Å². The number of rotatable bonds is 2. The van der Waals surface area contributed by atoms with Crippen LogP contribution in [-0.2, 0) is 0 Å². The maximum atomic E-state index is 5.98. The van der Waals surface area contributed by atoms with Crippen molar-refractivity contribution in [3.05, 3.63) is 22.4 Å². The van der Waals surface area contributed by atoms with Crippen LogP contribution in [0.15, 0.2) is 12.3 Å². The molecule has 0 radical (unpaired) electrons. The summed E-state index contributed by atoms with van der Waals surface area (Å²) < 4.78 is 5.75. The van der Waals surface area contributed by atoms with Crippen LogP contribution in [0, 0.1) is 0 Å². The Morgan fingerprint density at radius 1 is 1.33 bits per heavy atom. The van der Waals surface area contributed by atoms with E-state index in [9.17, 15) is 0 Å². The SMILES string of the molecule is Clc1cc(Cl)c(OC2CCNCC2)cn1. The molecule has 0 atom stereocenters. The highest BCUT2D eigenvalue weighted by atomic mass is 35.5. The summed E-state index contributed by atoms with van der Waals surface area (Å²) in [6.45, 7) is 1.98. The van der Waals surface area contributed by atoms with Gasteiger partial charge in [0.15, 0.2) is 5.75 Å². The molecular weight excluding hydrogens is 235 g/mol. The third-order valence-electron chi connectivity index (χ3n) is 2.37. The lowest BCUT2D eigenvalue weighted by Crippen LogP contribution is -2.34. The second-order valence-electron chi connectivity index (χ2n) is 3.50. The molecule has 0 aromatic carbocycles. The molecule has 15 heavy (non-hydrogen) atoms. The average molecular weight is 247 g/mol. The monoisotopic (exact) mass is 246 g/mol. The van der Waals surface area contributed by atoms with Gasteiger partial charge in [-0.05, 0) is 32.0 Å². The molecule has 1 aliphatic rings. The smallest absolute Gasteiger partial charge is 0.156 e. The molecule has 82 valence electrons. The van der Waals surface area contributed by atoms with Gasteiger partial charge in [-0.3, -0.25) is 0 Å². The quantitative estimate of drug-likeness (QED) is 0.815. The number of nitrogens with one attached hydrogen (secondary N) is 1. The van der Waals surface area contributed by atoms with Crippen molar-refractivity contribution in [3.63, 3.8) is 0 Å². The fourth-order valence-corrected chi connectivity index (χ4v) is 1.98. The van der Waals surface area contributed by atoms with Gasteiger partial charge in [0.2, 0.25) is 0 Å². The van der Waals surface area contributed by atoms with E-state index in [4.69, 9.17) is 27.9 Å². The highest BCUT2D eigenvalue weighted by Crippen LogP contribution is 2.27. The highest BCUT2D eigenvalue weighted by Gasteiger charge is 2.16. The zero-order chi connectivity index (χ0) is 10.7. The molecule has 5 heteroatoms. The standard InChI is InChI=1S/C10H12Cl2N2O/c11-8-5-10(12)14-6-9(8)15-7-1-3-13-4-2-7/h5-7,13H,1-4H2. The normalized spacial score (nSPS) is 17.7. The van der Waals surface area contributed by atoms with Crippen LogP contribution in [0.2, 0.25) is 10.2 Å². The van der Waals surface area contributed by atoms with Gasteiger partial charge in [-0.1, -0.05) is 23.2 Å². The number of pyridine rings is 1. The Morgan fingerprint density at radius 3 is 2.73 bits per heavy atom. The molecule has 1 saturated heterocycles. The van der Waals surface area contributed by atoms with Gasteiger partial charge in [-0.25, -0.2) is 4.98 Å². The summed E-state index contributed by atoms with van der Waals surface area (Å²) in [5.74, 6) is 0.618. The van der Waals surface area contributed by atoms with Crippen LogP contribution in [0.25, 0.3) is 0 Å². The van der Waals surface area contributed by atoms with Gasteiger partial charge in [0.25, 0.3) is 0 Å². The number of hydrogen-bond donors (Lipinski definition) is 1. The molecule has 2 rings (SSSR count). The van der Waals surface area contributed by atoms with E-state index in [1.54, 1.807) is 12.3 Å². The molecule has 1 aliphatic heterocycles. The van der Waals surface area contributed by atoms with E-state index in [-0.39, 0.29) is 6.10 Å². The maximum absolute atomic E-state index is 5.98. The fraction of sp³-hybridized carbons (Fsp3) is 0.500. The number of halogens is 2. The number of nitrogens with zero attached hydrogens (tertiary/aromatic N) is 1. The zero-order valence-electron chi connectivity index (χ0n) is 8.17. The van der Waals surface area contributed by atoms with Gasteiger partial charge in [-0.15, -0.1) is 0 Å². The van der Waals surface area contributed by atoms with Crippen molar-refractivity contribution in [3.8, 4) is 5.75 Å². The van der Waals surface area contributed by atoms with E-state index in [0.717, 1.165) is 25.9 Å². The van der Waals surface area contributed by atoms with Crippen LogP contribution >= 0.6 is 23.2 Å². The van der Waals surface area contributed by atoms with Crippen LogP contribution in [0.1, 0.15) is 12.8 Å². The third-order valence-corrected chi connectivity index (χ3v) is 2.87. The lowest BCUT2D eigenvalue weighted by Gasteiger charge is -2.24. The van der Waals surface area contributed by atoms with E-state index in [1.807, 2.05) is 0 Å². The summed E-state index contributed by atoms with van der Waals surface area (Å²) in [7, 11) is 0. The first-order chi connectivity index (χ1) is 7.25. The Kier molecular flexibility index (Phi) is 3.67. The first-order valence-corrected chi connectivity index (χ1v) is 5.70. The largest absolute Gasteiger partial charge is 0.487 e. The summed E-state index contributed by atoms with van der Waals surface area (Å²) in [6.07, 6.45) is 3.80. The number of piperidine rings is 1. The van der Waals surface area contributed by atoms with Crippen LogP contribution in [0.3, 0.4) is 0 Å². The molecule has 0 bridgehead atoms. The Hall–Kier alpha value is -0.510. The number of ether oxygens (including phenoxy) is 1. The molecule has 1 N–H and O–H groups in total. The lowest BCUT2D eigenvalue weighted by atomic mass is 10.1. The lowest BCUT2D eigenvalue weighted by molar-refractivity contribution is 0.162. The topological polar surface area (TPSA) is 34.1 Å². The Balaban J connectivity index is 2.03. The summed E-state index contributed by atoms with van der Waals surface area (Å²) in [5.41, 5.74) is 0. The van der Waals surface area contributed by atoms with Crippen molar-refractivity contribution >= 4 is 23.2 Å². The molecule has 0 aliphatic carbocycles. The highest BCUT2D eigenvalue weighted by molar-refractivity contribution is 6.34. The number of hydrogen-bond acceptors (Lipinski definition) is 3. The van der Waals surface area contributed by atoms with E-state index in [2.05, 4.69) is 10.3 Å². The summed E-state index contributed by atoms with van der Waals surface area (Å²) in [5, 5.41) is 4.18. The molecule has 1 aromatic heterocycles. The van der Waals surface area contributed by atoms with Crippen molar-refractivity contribution in [2.45, 2.75) is 18.9 Å². The summed E-state index contributed by atoms with van der Waals surface area (Å²) in [4.78, 5) is 3.95. The van der Waals surface area contributed by atoms with Crippen LogP contribution in [0.5, 0.6) is 5.75 Å². The van der Waals surface area contributed by atoms with Crippen molar-refractivity contribution < 1.29 is 4.74 Å². The Morgan fingerprint density at radius 2 is 2.07 bits per heavy atom. The van der Waals surface area contributed by atoms with E-state index < -0.39 is 0 Å². The van der Waals surface area contributed by atoms with Gasteiger partial charge in [0.05, 0.1) is 11.2 Å². The third kappa shape index (κ3) is 2.97. The van der Waals surface area contributed by atoms with Gasteiger partial charge >= 0.3 is 0 Å². The fourth-order valence-electron chi connectivity index (χ4n) is 1.57. The first-order valence-electron chi connectivity index (χ1n) is 4.94. The van der Waals surface area contributed by atoms with Crippen LogP contribution in [0.4, 0.5) is 0 Å². The van der Waals surface area contributed by atoms with Crippen molar-refractivity contribution in [2.75, 3.05) is 13.1 Å². The molecule has 3 nitrogen and oxygen atoms in total. The first kappa shape index (κ1) is 11.0. The van der Waals surface area contributed by atoms with Gasteiger partial charge < -0.3 is 10.1 Å². The average Bonchev–Trinajstić information content (AvgIpc) is 2.24. The predicted molar refractivity (Wildman–Crippen MR) is 60.8 cm³/mol. The minimum atomic E-state index is 0.228. The van der Waals surface area contributed by atoms with Crippen molar-refractivity contribution in [1.29, 1.82) is 0 Å². The molecule has 2 heterocycles. The summed E-state index contributed by atoms with van der Waals surface area (Å²) >= 11 is 11.7.